The molecule has 0 radical (unpaired) electrons. The number of rotatable bonds is 4. The van der Waals surface area contributed by atoms with Crippen LogP contribution in [-0.2, 0) is 13.7 Å². The summed E-state index contributed by atoms with van der Waals surface area (Å²) in [4.78, 5) is -0.0924. The molecule has 0 N–H and O–H groups in total. The number of allylic oxidation sites excluding steroid dienone is 1. The predicted molar refractivity (Wildman–Crippen MR) is 81.7 cm³/mol. The van der Waals surface area contributed by atoms with Gasteiger partial charge in [0, 0.05) is 20.1 Å². The van der Waals surface area contributed by atoms with Gasteiger partial charge in [-0.3, -0.25) is 0 Å². The molecular weight excluding hydrogens is 337 g/mol. The number of hydrogen-bond donors (Lipinski definition) is 0. The fraction of sp³-hybridized carbons (Fsp3) is 0.429. The van der Waals surface area contributed by atoms with Gasteiger partial charge in [0.15, 0.2) is 0 Å². The van der Waals surface area contributed by atoms with E-state index in [-0.39, 0.29) is 22.1 Å². The third-order valence-electron chi connectivity index (χ3n) is 3.08. The standard InChI is InChI=1S/C14H17F3O3S2/c1-10(2)8-12-9-11-6-4-5-7-13(11)22(12,14(15,16)17)20-21(3,18)19/h4-7,9-10H,8H2,1-3H3. The van der Waals surface area contributed by atoms with Crippen LogP contribution in [-0.4, -0.2) is 20.2 Å². The average Bonchev–Trinajstić information content (AvgIpc) is 2.61. The van der Waals surface area contributed by atoms with Gasteiger partial charge in [0.1, 0.15) is 0 Å². The van der Waals surface area contributed by atoms with Gasteiger partial charge in [-0.15, -0.1) is 0 Å². The van der Waals surface area contributed by atoms with E-state index in [0.29, 0.717) is 11.8 Å². The summed E-state index contributed by atoms with van der Waals surface area (Å²) in [5.74, 6) is -0.0575. The Balaban J connectivity index is 2.73. The Morgan fingerprint density at radius 2 is 1.82 bits per heavy atom. The molecule has 0 fully saturated rings. The highest BCUT2D eigenvalue weighted by Crippen LogP contribution is 2.78. The second-order valence-electron chi connectivity index (χ2n) is 5.52. The van der Waals surface area contributed by atoms with E-state index in [2.05, 4.69) is 0 Å². The largest absolute Gasteiger partial charge is 0.456 e. The van der Waals surface area contributed by atoms with Crippen LogP contribution in [0.5, 0.6) is 0 Å². The van der Waals surface area contributed by atoms with Crippen molar-refractivity contribution in [3.05, 3.63) is 34.7 Å². The summed E-state index contributed by atoms with van der Waals surface area (Å²) in [5.41, 5.74) is -4.43. The maximum atomic E-state index is 13.9. The van der Waals surface area contributed by atoms with Crippen LogP contribution >= 0.6 is 10.3 Å². The molecule has 1 atom stereocenters. The molecule has 0 spiro atoms. The van der Waals surface area contributed by atoms with Gasteiger partial charge < -0.3 is 0 Å². The van der Waals surface area contributed by atoms with Gasteiger partial charge in [0.25, 0.3) is 10.1 Å². The maximum Gasteiger partial charge on any atom is 0.456 e. The van der Waals surface area contributed by atoms with Crippen LogP contribution in [0.2, 0.25) is 0 Å². The third kappa shape index (κ3) is 3.04. The summed E-state index contributed by atoms with van der Waals surface area (Å²) >= 11 is 0. The van der Waals surface area contributed by atoms with Crippen molar-refractivity contribution in [3.8, 4) is 0 Å². The average molecular weight is 354 g/mol. The Kier molecular flexibility index (Phi) is 4.40. The zero-order valence-electron chi connectivity index (χ0n) is 12.3. The maximum absolute atomic E-state index is 13.9. The molecule has 1 aromatic carbocycles. The zero-order valence-corrected chi connectivity index (χ0v) is 14.0. The van der Waals surface area contributed by atoms with Gasteiger partial charge in [-0.1, -0.05) is 32.0 Å². The topological polar surface area (TPSA) is 43.4 Å². The van der Waals surface area contributed by atoms with Gasteiger partial charge in [-0.25, -0.2) is 3.63 Å². The van der Waals surface area contributed by atoms with E-state index in [4.69, 9.17) is 3.63 Å². The molecule has 3 nitrogen and oxygen atoms in total. The lowest BCUT2D eigenvalue weighted by Gasteiger charge is -2.39. The predicted octanol–water partition coefficient (Wildman–Crippen LogP) is 4.66. The van der Waals surface area contributed by atoms with Crippen molar-refractivity contribution in [3.63, 3.8) is 0 Å². The Hall–Kier alpha value is -0.990. The Morgan fingerprint density at radius 3 is 2.32 bits per heavy atom. The summed E-state index contributed by atoms with van der Waals surface area (Å²) in [6.07, 6.45) is 2.20. The summed E-state index contributed by atoms with van der Waals surface area (Å²) < 4.78 is 69.7. The highest BCUT2D eigenvalue weighted by atomic mass is 32.3. The van der Waals surface area contributed by atoms with E-state index >= 15 is 0 Å². The molecule has 1 aliphatic heterocycles. The first-order chi connectivity index (χ1) is 9.97. The zero-order chi connectivity index (χ0) is 16.8. The van der Waals surface area contributed by atoms with Crippen LogP contribution < -0.4 is 0 Å². The van der Waals surface area contributed by atoms with Crippen molar-refractivity contribution in [2.45, 2.75) is 30.7 Å². The van der Waals surface area contributed by atoms with Crippen molar-refractivity contribution in [1.82, 2.24) is 0 Å². The van der Waals surface area contributed by atoms with Gasteiger partial charge in [0.2, 0.25) is 0 Å². The normalized spacial score (nSPS) is 24.8. The van der Waals surface area contributed by atoms with E-state index < -0.39 is 25.9 Å². The summed E-state index contributed by atoms with van der Waals surface area (Å²) in [5, 5.41) is 0. The number of halogens is 3. The van der Waals surface area contributed by atoms with Crippen LogP contribution in [0.15, 0.2) is 34.1 Å². The fourth-order valence-electron chi connectivity index (χ4n) is 2.42. The molecular formula is C14H17F3O3S2. The van der Waals surface area contributed by atoms with Crippen LogP contribution in [0.3, 0.4) is 0 Å². The highest BCUT2D eigenvalue weighted by molar-refractivity contribution is 8.36. The van der Waals surface area contributed by atoms with Gasteiger partial charge in [-0.2, -0.15) is 21.6 Å². The SMILES string of the molecule is CC(C)CC1=Cc2ccccc2S1(OS(C)(=O)=O)C(F)(F)F. The number of alkyl halides is 3. The molecule has 1 unspecified atom stereocenters. The molecule has 8 heteroatoms. The molecule has 0 aliphatic carbocycles. The first kappa shape index (κ1) is 17.4. The van der Waals surface area contributed by atoms with Crippen molar-refractivity contribution in [2.75, 3.05) is 6.26 Å². The van der Waals surface area contributed by atoms with Crippen molar-refractivity contribution in [1.29, 1.82) is 0 Å². The van der Waals surface area contributed by atoms with E-state index in [1.165, 1.54) is 18.2 Å². The minimum absolute atomic E-state index is 0.00150. The van der Waals surface area contributed by atoms with Crippen LogP contribution in [0.25, 0.3) is 6.08 Å². The van der Waals surface area contributed by atoms with E-state index in [1.807, 2.05) is 0 Å². The molecule has 0 aromatic heterocycles. The first-order valence-electron chi connectivity index (χ1n) is 6.58. The number of hydrogen-bond acceptors (Lipinski definition) is 3. The monoisotopic (exact) mass is 354 g/mol. The lowest BCUT2D eigenvalue weighted by atomic mass is 10.1. The Bertz CT molecular complexity index is 708. The van der Waals surface area contributed by atoms with E-state index in [9.17, 15) is 21.6 Å². The number of benzene rings is 1. The quantitative estimate of drug-likeness (QED) is 0.790. The second kappa shape index (κ2) is 5.58. The molecule has 1 heterocycles. The van der Waals surface area contributed by atoms with Crippen LogP contribution in [0.1, 0.15) is 25.8 Å². The Morgan fingerprint density at radius 1 is 1.23 bits per heavy atom. The molecule has 2 rings (SSSR count). The molecule has 22 heavy (non-hydrogen) atoms. The molecule has 124 valence electrons. The minimum atomic E-state index is -4.80. The fourth-order valence-corrected chi connectivity index (χ4v) is 7.27. The Labute approximate surface area is 129 Å². The number of fused-ring (bicyclic) bond motifs is 1. The van der Waals surface area contributed by atoms with Gasteiger partial charge >= 0.3 is 5.51 Å². The van der Waals surface area contributed by atoms with Crippen LogP contribution in [0, 0.1) is 5.92 Å². The van der Waals surface area contributed by atoms with E-state index in [1.54, 1.807) is 26.0 Å². The van der Waals surface area contributed by atoms with Crippen molar-refractivity contribution >= 4 is 26.5 Å². The summed E-state index contributed by atoms with van der Waals surface area (Å²) in [6, 6.07) is 5.92. The summed E-state index contributed by atoms with van der Waals surface area (Å²) in [7, 11) is -8.34. The smallest absolute Gasteiger partial charge is 0.203 e. The van der Waals surface area contributed by atoms with E-state index in [0.717, 1.165) is 0 Å². The van der Waals surface area contributed by atoms with Crippen molar-refractivity contribution in [2.24, 2.45) is 5.92 Å². The van der Waals surface area contributed by atoms with Crippen LogP contribution in [0.4, 0.5) is 13.2 Å². The molecule has 1 aliphatic rings. The summed E-state index contributed by atoms with van der Waals surface area (Å²) in [6.45, 7) is 3.57. The first-order valence-corrected chi connectivity index (χ1v) is 9.95. The lowest BCUT2D eigenvalue weighted by Crippen LogP contribution is -2.26. The molecule has 0 saturated carbocycles. The molecule has 0 saturated heterocycles. The van der Waals surface area contributed by atoms with Gasteiger partial charge in [-0.05, 0) is 30.0 Å². The molecule has 0 bridgehead atoms. The minimum Gasteiger partial charge on any atom is -0.203 e. The molecule has 1 aromatic rings. The van der Waals surface area contributed by atoms with Crippen molar-refractivity contribution < 1.29 is 25.2 Å². The highest BCUT2D eigenvalue weighted by Gasteiger charge is 2.60. The second-order valence-corrected chi connectivity index (χ2v) is 10.0. The van der Waals surface area contributed by atoms with Gasteiger partial charge in [0.05, 0.1) is 6.26 Å². The molecule has 0 amide bonds. The third-order valence-corrected chi connectivity index (χ3v) is 7.55. The lowest BCUT2D eigenvalue weighted by molar-refractivity contribution is -0.0429.